The Kier molecular flexibility index (Phi) is 15.8. The van der Waals surface area contributed by atoms with Gasteiger partial charge in [0.1, 0.15) is 12.1 Å². The summed E-state index contributed by atoms with van der Waals surface area (Å²) < 4.78 is 0. The maximum absolute atomic E-state index is 13.5. The smallest absolute Gasteiger partial charge is 0.244 e. The lowest BCUT2D eigenvalue weighted by molar-refractivity contribution is -0.132. The Morgan fingerprint density at radius 3 is 2.18 bits per heavy atom. The Morgan fingerprint density at radius 1 is 0.889 bits per heavy atom. The fraction of sp³-hybridized carbons (Fsp3) is 0.455. The summed E-state index contributed by atoms with van der Waals surface area (Å²) in [5.74, 6) is -1.45. The lowest BCUT2D eigenvalue weighted by atomic mass is 9.99. The van der Waals surface area contributed by atoms with E-state index in [1.54, 1.807) is 30.6 Å². The van der Waals surface area contributed by atoms with Crippen LogP contribution in [-0.2, 0) is 25.6 Å². The molecule has 0 spiro atoms. The molecule has 0 bridgehead atoms. The maximum Gasteiger partial charge on any atom is 0.244 e. The Balaban J connectivity index is 2.08. The molecule has 2 aromatic rings. The highest BCUT2D eigenvalue weighted by molar-refractivity contribution is 5.93. The summed E-state index contributed by atoms with van der Waals surface area (Å²) in [4.78, 5) is 60.2. The standard InChI is InChI=1S/C33H48N8O4/c1-22(2)19-27(32(45)41-28(23(3)4)21-38-29(42)13-12-24-9-6-5-7-10-24)40-31(44)26(11-8-16-37-33(34)35)39-30(43)20-25-14-17-36-18-15-25/h5-7,9-10,12-15,17-18,22-23,26-28H,8,11,16,19-21H2,1-4H3,(H,38,42)(H,39,43)(H,40,44)(H,41,45)(H4,34,35,37)/b13-12+/t26-,27-,28+/m0/s1. The minimum atomic E-state index is -0.910. The summed E-state index contributed by atoms with van der Waals surface area (Å²) >= 11 is 0. The molecule has 0 radical (unpaired) electrons. The SMILES string of the molecule is CC(C)C[C@H](NC(=O)[C@H](CCCN=C(N)N)NC(=O)Cc1ccncc1)C(=O)N[C@H](CNC(=O)/C=C/c1ccccc1)C(C)C. The molecule has 1 aromatic heterocycles. The summed E-state index contributed by atoms with van der Waals surface area (Å²) in [6, 6.07) is 10.8. The van der Waals surface area contributed by atoms with Crippen molar-refractivity contribution in [3.63, 3.8) is 0 Å². The van der Waals surface area contributed by atoms with Crippen molar-refractivity contribution in [1.82, 2.24) is 26.3 Å². The third kappa shape index (κ3) is 15.0. The number of rotatable bonds is 18. The van der Waals surface area contributed by atoms with Crippen molar-refractivity contribution in [2.45, 2.75) is 71.5 Å². The molecular weight excluding hydrogens is 572 g/mol. The lowest BCUT2D eigenvalue weighted by Crippen LogP contribution is -2.57. The van der Waals surface area contributed by atoms with Gasteiger partial charge in [-0.25, -0.2) is 0 Å². The Morgan fingerprint density at radius 2 is 1.56 bits per heavy atom. The van der Waals surface area contributed by atoms with Gasteiger partial charge in [0.15, 0.2) is 5.96 Å². The first-order valence-electron chi connectivity index (χ1n) is 15.3. The van der Waals surface area contributed by atoms with E-state index in [9.17, 15) is 19.2 Å². The molecule has 4 amide bonds. The molecule has 0 aliphatic carbocycles. The van der Waals surface area contributed by atoms with E-state index in [-0.39, 0.29) is 67.5 Å². The zero-order valence-electron chi connectivity index (χ0n) is 26.7. The van der Waals surface area contributed by atoms with Gasteiger partial charge in [-0.1, -0.05) is 58.0 Å². The van der Waals surface area contributed by atoms with Crippen molar-refractivity contribution in [2.75, 3.05) is 13.1 Å². The largest absolute Gasteiger partial charge is 0.370 e. The second-order valence-electron chi connectivity index (χ2n) is 11.6. The van der Waals surface area contributed by atoms with E-state index in [1.165, 1.54) is 6.08 Å². The van der Waals surface area contributed by atoms with Gasteiger partial charge < -0.3 is 32.7 Å². The predicted octanol–water partition coefficient (Wildman–Crippen LogP) is 1.66. The number of guanidine groups is 1. The fourth-order valence-corrected chi connectivity index (χ4v) is 4.42. The topological polar surface area (TPSA) is 194 Å². The van der Waals surface area contributed by atoms with Crippen LogP contribution in [0.15, 0.2) is 65.9 Å². The summed E-state index contributed by atoms with van der Waals surface area (Å²) in [6.45, 7) is 8.28. The normalized spacial score (nSPS) is 13.1. The van der Waals surface area contributed by atoms with Gasteiger partial charge in [-0.3, -0.25) is 29.2 Å². The van der Waals surface area contributed by atoms with Crippen molar-refractivity contribution < 1.29 is 19.2 Å². The number of pyridine rings is 1. The van der Waals surface area contributed by atoms with Gasteiger partial charge >= 0.3 is 0 Å². The van der Waals surface area contributed by atoms with Crippen LogP contribution in [0.3, 0.4) is 0 Å². The van der Waals surface area contributed by atoms with Crippen LogP contribution >= 0.6 is 0 Å². The van der Waals surface area contributed by atoms with E-state index in [0.29, 0.717) is 12.8 Å². The number of nitrogens with zero attached hydrogens (tertiary/aromatic N) is 2. The molecule has 0 saturated heterocycles. The fourth-order valence-electron chi connectivity index (χ4n) is 4.42. The second-order valence-corrected chi connectivity index (χ2v) is 11.6. The Bertz CT molecular complexity index is 1280. The number of carbonyl (C=O) groups excluding carboxylic acids is 4. The minimum Gasteiger partial charge on any atom is -0.370 e. The number of aromatic nitrogens is 1. The van der Waals surface area contributed by atoms with Crippen molar-refractivity contribution in [3.8, 4) is 0 Å². The van der Waals surface area contributed by atoms with Crippen LogP contribution in [0.25, 0.3) is 6.08 Å². The first-order chi connectivity index (χ1) is 21.4. The van der Waals surface area contributed by atoms with Gasteiger partial charge in [0.25, 0.3) is 0 Å². The van der Waals surface area contributed by atoms with Crippen molar-refractivity contribution in [2.24, 2.45) is 28.3 Å². The summed E-state index contributed by atoms with van der Waals surface area (Å²) in [6.07, 6.45) is 7.49. The van der Waals surface area contributed by atoms with E-state index < -0.39 is 18.0 Å². The van der Waals surface area contributed by atoms with E-state index >= 15 is 0 Å². The van der Waals surface area contributed by atoms with Gasteiger partial charge in [0.05, 0.1) is 6.42 Å². The molecule has 0 saturated carbocycles. The second kappa shape index (κ2) is 19.5. The zero-order chi connectivity index (χ0) is 33.2. The highest BCUT2D eigenvalue weighted by Gasteiger charge is 2.29. The number of hydrogen-bond donors (Lipinski definition) is 6. The molecule has 0 fully saturated rings. The van der Waals surface area contributed by atoms with E-state index in [4.69, 9.17) is 11.5 Å². The first kappa shape index (κ1) is 36.5. The maximum atomic E-state index is 13.5. The van der Waals surface area contributed by atoms with Crippen LogP contribution in [0.2, 0.25) is 0 Å². The number of carbonyl (C=O) groups is 4. The number of hydrogen-bond acceptors (Lipinski definition) is 6. The van der Waals surface area contributed by atoms with Gasteiger partial charge in [-0.2, -0.15) is 0 Å². The number of amides is 4. The van der Waals surface area contributed by atoms with Crippen LogP contribution in [0.4, 0.5) is 0 Å². The Labute approximate surface area is 265 Å². The monoisotopic (exact) mass is 620 g/mol. The zero-order valence-corrected chi connectivity index (χ0v) is 26.7. The third-order valence-corrected chi connectivity index (χ3v) is 6.91. The Hall–Kier alpha value is -4.74. The quantitative estimate of drug-likeness (QED) is 0.0631. The predicted molar refractivity (Wildman–Crippen MR) is 176 cm³/mol. The summed E-state index contributed by atoms with van der Waals surface area (Å²) in [5.41, 5.74) is 12.5. The molecule has 8 N–H and O–H groups in total. The van der Waals surface area contributed by atoms with Crippen LogP contribution < -0.4 is 32.7 Å². The van der Waals surface area contributed by atoms with Crippen molar-refractivity contribution in [3.05, 3.63) is 72.1 Å². The number of nitrogens with one attached hydrogen (secondary N) is 4. The molecule has 1 aromatic carbocycles. The van der Waals surface area contributed by atoms with E-state index in [1.807, 2.05) is 58.0 Å². The molecule has 1 heterocycles. The van der Waals surface area contributed by atoms with Crippen molar-refractivity contribution >= 4 is 35.7 Å². The first-order valence-corrected chi connectivity index (χ1v) is 15.3. The van der Waals surface area contributed by atoms with Gasteiger partial charge in [-0.15, -0.1) is 0 Å². The average Bonchev–Trinajstić information content (AvgIpc) is 2.99. The van der Waals surface area contributed by atoms with Gasteiger partial charge in [0.2, 0.25) is 23.6 Å². The number of nitrogens with two attached hydrogens (primary N) is 2. The van der Waals surface area contributed by atoms with Gasteiger partial charge in [0, 0.05) is 37.6 Å². The van der Waals surface area contributed by atoms with Crippen molar-refractivity contribution in [1.29, 1.82) is 0 Å². The minimum absolute atomic E-state index is 0.00138. The highest BCUT2D eigenvalue weighted by Crippen LogP contribution is 2.10. The van der Waals surface area contributed by atoms with Crippen LogP contribution in [0.1, 0.15) is 58.1 Å². The van der Waals surface area contributed by atoms with Crippen LogP contribution in [0.5, 0.6) is 0 Å². The average molecular weight is 621 g/mol. The molecule has 2 rings (SSSR count). The molecule has 0 aliphatic rings. The molecule has 45 heavy (non-hydrogen) atoms. The summed E-state index contributed by atoms with van der Waals surface area (Å²) in [7, 11) is 0. The highest BCUT2D eigenvalue weighted by atomic mass is 16.2. The number of aliphatic imine (C=N–C) groups is 1. The summed E-state index contributed by atoms with van der Waals surface area (Å²) in [5, 5.41) is 11.5. The molecule has 0 unspecified atom stereocenters. The molecule has 12 heteroatoms. The van der Waals surface area contributed by atoms with E-state index in [0.717, 1.165) is 11.1 Å². The van der Waals surface area contributed by atoms with Gasteiger partial charge in [-0.05, 0) is 60.4 Å². The number of benzene rings is 1. The molecule has 244 valence electrons. The molecular formula is C33H48N8O4. The van der Waals surface area contributed by atoms with Crippen LogP contribution in [0, 0.1) is 11.8 Å². The lowest BCUT2D eigenvalue weighted by Gasteiger charge is -2.28. The third-order valence-electron chi connectivity index (χ3n) is 6.91. The molecule has 3 atom stereocenters. The van der Waals surface area contributed by atoms with Crippen LogP contribution in [-0.4, -0.2) is 65.8 Å². The van der Waals surface area contributed by atoms with E-state index in [2.05, 4.69) is 31.2 Å². The molecule has 0 aliphatic heterocycles. The molecule has 12 nitrogen and oxygen atoms in total.